The van der Waals surface area contributed by atoms with E-state index in [0.29, 0.717) is 0 Å². The van der Waals surface area contributed by atoms with Crippen LogP contribution < -0.4 is 5.32 Å². The topological polar surface area (TPSA) is 29.1 Å². The van der Waals surface area contributed by atoms with Gasteiger partial charge in [0.25, 0.3) is 0 Å². The molecule has 1 fully saturated rings. The van der Waals surface area contributed by atoms with Crippen LogP contribution in [0, 0.1) is 11.8 Å². The molecule has 1 aliphatic rings. The van der Waals surface area contributed by atoms with Gasteiger partial charge < -0.3 is 5.32 Å². The highest BCUT2D eigenvalue weighted by Gasteiger charge is 2.17. The zero-order chi connectivity index (χ0) is 10.4. The number of rotatable bonds is 5. The van der Waals surface area contributed by atoms with Crippen LogP contribution in [0.5, 0.6) is 0 Å². The predicted octanol–water partition coefficient (Wildman–Crippen LogP) is 1.78. The smallest absolute Gasteiger partial charge is 0.0357 e. The maximum atomic E-state index is 10.8. The number of hydrogen-bond donors (Lipinski definition) is 1. The van der Waals surface area contributed by atoms with E-state index in [0.717, 1.165) is 30.7 Å². The molecular weight excluding hydrogens is 194 g/mol. The van der Waals surface area contributed by atoms with Crippen molar-refractivity contribution in [2.24, 2.45) is 11.8 Å². The average molecular weight is 217 g/mol. The first-order chi connectivity index (χ1) is 6.68. The molecule has 0 amide bonds. The van der Waals surface area contributed by atoms with Crippen molar-refractivity contribution in [1.82, 2.24) is 5.32 Å². The first-order valence-corrected chi connectivity index (χ1v) is 7.42. The van der Waals surface area contributed by atoms with Crippen LogP contribution in [0.4, 0.5) is 0 Å². The van der Waals surface area contributed by atoms with Gasteiger partial charge in [-0.15, -0.1) is 0 Å². The lowest BCUT2D eigenvalue weighted by molar-refractivity contribution is 0.276. The fraction of sp³-hybridized carbons (Fsp3) is 1.00. The summed E-state index contributed by atoms with van der Waals surface area (Å²) in [6.07, 6.45) is 7.34. The summed E-state index contributed by atoms with van der Waals surface area (Å²) in [5.74, 6) is 2.57. The van der Waals surface area contributed by atoms with Crippen LogP contribution >= 0.6 is 0 Å². The van der Waals surface area contributed by atoms with Crippen LogP contribution in [0.25, 0.3) is 0 Å². The van der Waals surface area contributed by atoms with Crippen molar-refractivity contribution in [2.45, 2.75) is 32.6 Å². The molecule has 2 nitrogen and oxygen atoms in total. The van der Waals surface area contributed by atoms with Crippen molar-refractivity contribution in [2.75, 3.05) is 25.1 Å². The molecule has 1 N–H and O–H groups in total. The summed E-state index contributed by atoms with van der Waals surface area (Å²) in [5, 5.41) is 3.41. The molecular formula is C11H23NOS. The van der Waals surface area contributed by atoms with Crippen molar-refractivity contribution in [3.05, 3.63) is 0 Å². The van der Waals surface area contributed by atoms with Crippen molar-refractivity contribution in [3.8, 4) is 0 Å². The highest BCUT2D eigenvalue weighted by atomic mass is 32.2. The van der Waals surface area contributed by atoms with E-state index in [1.54, 1.807) is 6.26 Å². The molecule has 3 atom stereocenters. The van der Waals surface area contributed by atoms with E-state index in [9.17, 15) is 4.21 Å². The highest BCUT2D eigenvalue weighted by Crippen LogP contribution is 2.27. The Labute approximate surface area is 90.3 Å². The van der Waals surface area contributed by atoms with E-state index in [1.807, 2.05) is 0 Å². The first kappa shape index (κ1) is 12.2. The minimum atomic E-state index is -0.641. The maximum absolute atomic E-state index is 10.8. The van der Waals surface area contributed by atoms with Crippen LogP contribution in [0.2, 0.25) is 0 Å². The minimum absolute atomic E-state index is 0.641. The van der Waals surface area contributed by atoms with Crippen molar-refractivity contribution in [1.29, 1.82) is 0 Å². The van der Waals surface area contributed by atoms with Gasteiger partial charge in [-0.05, 0) is 31.2 Å². The molecule has 1 saturated carbocycles. The molecule has 0 saturated heterocycles. The second kappa shape index (κ2) is 6.57. The zero-order valence-corrected chi connectivity index (χ0v) is 10.2. The van der Waals surface area contributed by atoms with Gasteiger partial charge in [0, 0.05) is 29.4 Å². The number of nitrogens with one attached hydrogen (secondary N) is 1. The minimum Gasteiger partial charge on any atom is -0.316 e. The Kier molecular flexibility index (Phi) is 5.71. The Bertz CT molecular complexity index is 184. The molecule has 0 radical (unpaired) electrons. The Hall–Kier alpha value is 0.110. The molecule has 0 heterocycles. The molecule has 0 aromatic carbocycles. The summed E-state index contributed by atoms with van der Waals surface area (Å²) >= 11 is 0. The van der Waals surface area contributed by atoms with Gasteiger partial charge in [0.2, 0.25) is 0 Å². The van der Waals surface area contributed by atoms with Crippen LogP contribution in [0.3, 0.4) is 0 Å². The van der Waals surface area contributed by atoms with Crippen LogP contribution in [0.15, 0.2) is 0 Å². The second-order valence-corrected chi connectivity index (χ2v) is 6.17. The molecule has 0 spiro atoms. The third kappa shape index (κ3) is 5.11. The standard InChI is InChI=1S/C11H23NOS/c1-10-4-3-5-11(8-10)9-12-6-7-14(2)13/h10-12H,3-9H2,1-2H3. The number of hydrogen-bond acceptors (Lipinski definition) is 2. The van der Waals surface area contributed by atoms with Crippen LogP contribution in [-0.4, -0.2) is 29.3 Å². The molecule has 14 heavy (non-hydrogen) atoms. The molecule has 1 rings (SSSR count). The van der Waals surface area contributed by atoms with Gasteiger partial charge in [0.05, 0.1) is 0 Å². The summed E-state index contributed by atoms with van der Waals surface area (Å²) in [6.45, 7) is 4.39. The van der Waals surface area contributed by atoms with E-state index < -0.39 is 10.8 Å². The third-order valence-electron chi connectivity index (χ3n) is 3.04. The van der Waals surface area contributed by atoms with E-state index >= 15 is 0 Å². The summed E-state index contributed by atoms with van der Waals surface area (Å²) < 4.78 is 10.8. The van der Waals surface area contributed by atoms with E-state index in [2.05, 4.69) is 12.2 Å². The van der Waals surface area contributed by atoms with Gasteiger partial charge in [-0.3, -0.25) is 4.21 Å². The summed E-state index contributed by atoms with van der Waals surface area (Å²) in [6, 6.07) is 0. The molecule has 84 valence electrons. The fourth-order valence-electron chi connectivity index (χ4n) is 2.27. The monoisotopic (exact) mass is 217 g/mol. The van der Waals surface area contributed by atoms with E-state index in [1.165, 1.54) is 25.7 Å². The Morgan fingerprint density at radius 3 is 2.86 bits per heavy atom. The van der Waals surface area contributed by atoms with Gasteiger partial charge in [-0.2, -0.15) is 0 Å². The van der Waals surface area contributed by atoms with Crippen LogP contribution in [-0.2, 0) is 10.8 Å². The van der Waals surface area contributed by atoms with Gasteiger partial charge in [-0.1, -0.05) is 19.8 Å². The lowest BCUT2D eigenvalue weighted by Gasteiger charge is -2.26. The second-order valence-electron chi connectivity index (χ2n) is 4.62. The largest absolute Gasteiger partial charge is 0.316 e. The average Bonchev–Trinajstić information content (AvgIpc) is 2.12. The summed E-state index contributed by atoms with van der Waals surface area (Å²) in [5.41, 5.74) is 0. The molecule has 3 unspecified atom stereocenters. The molecule has 1 aliphatic carbocycles. The van der Waals surface area contributed by atoms with Gasteiger partial charge in [-0.25, -0.2) is 0 Å². The van der Waals surface area contributed by atoms with E-state index in [-0.39, 0.29) is 0 Å². The van der Waals surface area contributed by atoms with Gasteiger partial charge in [0.1, 0.15) is 0 Å². The molecule has 3 heteroatoms. The quantitative estimate of drug-likeness (QED) is 0.711. The third-order valence-corrected chi connectivity index (χ3v) is 3.82. The van der Waals surface area contributed by atoms with Gasteiger partial charge >= 0.3 is 0 Å². The zero-order valence-electron chi connectivity index (χ0n) is 9.42. The SMILES string of the molecule is CC1CCCC(CNCCS(C)=O)C1. The van der Waals surface area contributed by atoms with E-state index in [4.69, 9.17) is 0 Å². The van der Waals surface area contributed by atoms with Crippen molar-refractivity contribution in [3.63, 3.8) is 0 Å². The summed E-state index contributed by atoms with van der Waals surface area (Å²) in [4.78, 5) is 0. The maximum Gasteiger partial charge on any atom is 0.0357 e. The molecule has 0 bridgehead atoms. The first-order valence-electron chi connectivity index (χ1n) is 5.69. The molecule has 0 aromatic heterocycles. The Morgan fingerprint density at radius 2 is 2.21 bits per heavy atom. The Morgan fingerprint density at radius 1 is 1.43 bits per heavy atom. The fourth-order valence-corrected chi connectivity index (χ4v) is 2.70. The lowest BCUT2D eigenvalue weighted by atomic mass is 9.82. The highest BCUT2D eigenvalue weighted by molar-refractivity contribution is 7.84. The Balaban J connectivity index is 2.03. The van der Waals surface area contributed by atoms with Gasteiger partial charge in [0.15, 0.2) is 0 Å². The molecule has 0 aliphatic heterocycles. The van der Waals surface area contributed by atoms with Crippen molar-refractivity contribution < 1.29 is 4.21 Å². The predicted molar refractivity (Wildman–Crippen MR) is 62.9 cm³/mol. The molecule has 0 aromatic rings. The van der Waals surface area contributed by atoms with Crippen LogP contribution in [0.1, 0.15) is 32.6 Å². The normalized spacial score (nSPS) is 30.1. The van der Waals surface area contributed by atoms with Crippen molar-refractivity contribution >= 4 is 10.8 Å². The lowest BCUT2D eigenvalue weighted by Crippen LogP contribution is -2.29. The summed E-state index contributed by atoms with van der Waals surface area (Å²) in [7, 11) is -0.641.